The van der Waals surface area contributed by atoms with Crippen molar-refractivity contribution in [2.45, 2.75) is 27.7 Å². The van der Waals surface area contributed by atoms with Gasteiger partial charge >= 0.3 is 0 Å². The highest BCUT2D eigenvalue weighted by molar-refractivity contribution is 5.28. The first-order valence-corrected chi connectivity index (χ1v) is 4.81. The van der Waals surface area contributed by atoms with E-state index in [1.54, 1.807) is 0 Å². The molecule has 0 aliphatic heterocycles. The van der Waals surface area contributed by atoms with Crippen LogP contribution in [0.5, 0.6) is 0 Å². The van der Waals surface area contributed by atoms with Crippen LogP contribution in [0.15, 0.2) is 24.3 Å². The van der Waals surface area contributed by atoms with Crippen molar-refractivity contribution in [1.82, 2.24) is 0 Å². The Morgan fingerprint density at radius 1 is 0.857 bits per heavy atom. The molecule has 14 heavy (non-hydrogen) atoms. The number of hydrogen-bond donors (Lipinski definition) is 0. The molecule has 0 aromatic heterocycles. The minimum absolute atomic E-state index is 1.31. The summed E-state index contributed by atoms with van der Waals surface area (Å²) in [6.45, 7) is 7.75. The van der Waals surface area contributed by atoms with E-state index in [0.29, 0.717) is 0 Å². The van der Waals surface area contributed by atoms with Gasteiger partial charge in [-0.2, -0.15) is 0 Å². The van der Waals surface area contributed by atoms with Gasteiger partial charge in [-0.15, -0.1) is 11.8 Å². The van der Waals surface area contributed by atoms with Crippen molar-refractivity contribution in [2.75, 3.05) is 0 Å². The summed E-state index contributed by atoms with van der Waals surface area (Å²) in [5, 5.41) is 2.62. The van der Waals surface area contributed by atoms with Gasteiger partial charge in [0, 0.05) is 0 Å². The van der Waals surface area contributed by atoms with E-state index < -0.39 is 0 Å². The molecule has 0 saturated carbocycles. The lowest BCUT2D eigenvalue weighted by molar-refractivity contribution is 1.50. The minimum atomic E-state index is 1.31. The van der Waals surface area contributed by atoms with Gasteiger partial charge in [-0.25, -0.2) is 0 Å². The third kappa shape index (κ3) is 4.52. The van der Waals surface area contributed by atoms with E-state index in [1.165, 1.54) is 10.4 Å². The van der Waals surface area contributed by atoms with Gasteiger partial charge in [0.1, 0.15) is 0 Å². The van der Waals surface area contributed by atoms with Crippen LogP contribution in [-0.4, -0.2) is 0 Å². The SMILES string of the molecule is C/C=c1/cccc/c1=C/C.CC#CC. The highest BCUT2D eigenvalue weighted by Gasteiger charge is 1.77. The predicted octanol–water partition coefficient (Wildman–Crippen LogP) is 2.32. The highest BCUT2D eigenvalue weighted by atomic mass is 13.8. The standard InChI is InChI=1S/C10H12.C4H6/c1-3-9-7-5-6-8-10(9)4-2;1-3-4-2/h3-8H,1-2H3;1-2H3/b9-3-,10-4-;. The van der Waals surface area contributed by atoms with Crippen molar-refractivity contribution in [1.29, 1.82) is 0 Å². The molecule has 0 bridgehead atoms. The van der Waals surface area contributed by atoms with Gasteiger partial charge in [0.2, 0.25) is 0 Å². The molecule has 0 spiro atoms. The maximum atomic E-state index is 2.68. The van der Waals surface area contributed by atoms with E-state index >= 15 is 0 Å². The lowest BCUT2D eigenvalue weighted by Gasteiger charge is -1.85. The zero-order chi connectivity index (χ0) is 10.8. The molecule has 0 radical (unpaired) electrons. The fraction of sp³-hybridized carbons (Fsp3) is 0.286. The van der Waals surface area contributed by atoms with Gasteiger partial charge in [0.15, 0.2) is 0 Å². The van der Waals surface area contributed by atoms with Crippen LogP contribution in [0.4, 0.5) is 0 Å². The third-order valence-electron chi connectivity index (χ3n) is 1.87. The van der Waals surface area contributed by atoms with E-state index in [-0.39, 0.29) is 0 Å². The second kappa shape index (κ2) is 8.13. The molecule has 0 aliphatic carbocycles. The first-order valence-electron chi connectivity index (χ1n) is 4.81. The molecule has 0 aliphatic rings. The molecular weight excluding hydrogens is 168 g/mol. The van der Waals surface area contributed by atoms with Gasteiger partial charge in [-0.1, -0.05) is 36.4 Å². The van der Waals surface area contributed by atoms with Crippen molar-refractivity contribution in [3.8, 4) is 11.8 Å². The maximum absolute atomic E-state index is 2.68. The van der Waals surface area contributed by atoms with Crippen molar-refractivity contribution in [3.05, 3.63) is 34.7 Å². The lowest BCUT2D eigenvalue weighted by Crippen LogP contribution is -2.22. The fourth-order valence-corrected chi connectivity index (χ4v) is 1.04. The Balaban J connectivity index is 0.000000364. The highest BCUT2D eigenvalue weighted by Crippen LogP contribution is 1.71. The van der Waals surface area contributed by atoms with Crippen LogP contribution in [0.1, 0.15) is 27.7 Å². The average molecular weight is 186 g/mol. The summed E-state index contributed by atoms with van der Waals surface area (Å²) >= 11 is 0. The van der Waals surface area contributed by atoms with Crippen LogP contribution < -0.4 is 10.4 Å². The van der Waals surface area contributed by atoms with Crippen LogP contribution in [0.3, 0.4) is 0 Å². The molecule has 0 amide bonds. The van der Waals surface area contributed by atoms with Crippen LogP contribution >= 0.6 is 0 Å². The van der Waals surface area contributed by atoms with Gasteiger partial charge < -0.3 is 0 Å². The normalized spacial score (nSPS) is 11.1. The first kappa shape index (κ1) is 12.5. The first-order chi connectivity index (χ1) is 6.79. The molecule has 0 heterocycles. The number of rotatable bonds is 0. The van der Waals surface area contributed by atoms with E-state index in [9.17, 15) is 0 Å². The number of hydrogen-bond acceptors (Lipinski definition) is 0. The largest absolute Gasteiger partial charge is 0.107 e. The van der Waals surface area contributed by atoms with Crippen LogP contribution in [0.2, 0.25) is 0 Å². The molecule has 0 N–H and O–H groups in total. The molecule has 0 saturated heterocycles. The molecule has 0 heteroatoms. The van der Waals surface area contributed by atoms with Crippen molar-refractivity contribution in [3.63, 3.8) is 0 Å². The lowest BCUT2D eigenvalue weighted by atomic mass is 10.2. The molecule has 1 aromatic rings. The maximum Gasteiger partial charge on any atom is -0.00271 e. The van der Waals surface area contributed by atoms with Gasteiger partial charge in [0.05, 0.1) is 0 Å². The molecule has 0 nitrogen and oxygen atoms in total. The van der Waals surface area contributed by atoms with Crippen molar-refractivity contribution >= 4 is 12.2 Å². The Hall–Kier alpha value is -1.48. The van der Waals surface area contributed by atoms with Gasteiger partial charge in [-0.05, 0) is 38.1 Å². The minimum Gasteiger partial charge on any atom is -0.107 e. The van der Waals surface area contributed by atoms with Crippen LogP contribution in [0, 0.1) is 11.8 Å². The van der Waals surface area contributed by atoms with Crippen molar-refractivity contribution < 1.29 is 0 Å². The molecule has 0 fully saturated rings. The second-order valence-corrected chi connectivity index (χ2v) is 2.71. The zero-order valence-electron chi connectivity index (χ0n) is 9.46. The number of benzene rings is 1. The smallest absolute Gasteiger partial charge is 0.00271 e. The second-order valence-electron chi connectivity index (χ2n) is 2.71. The Morgan fingerprint density at radius 2 is 1.21 bits per heavy atom. The Bertz CT molecular complexity index is 374. The Morgan fingerprint density at radius 3 is 1.43 bits per heavy atom. The summed E-state index contributed by atoms with van der Waals surface area (Å²) in [4.78, 5) is 0. The molecule has 0 atom stereocenters. The van der Waals surface area contributed by atoms with E-state index in [1.807, 2.05) is 13.8 Å². The average Bonchev–Trinajstić information content (AvgIpc) is 2.29. The van der Waals surface area contributed by atoms with Gasteiger partial charge in [0.25, 0.3) is 0 Å². The topological polar surface area (TPSA) is 0 Å². The molecule has 1 aromatic carbocycles. The molecular formula is C14H18. The summed E-state index contributed by atoms with van der Waals surface area (Å²) < 4.78 is 0. The molecule has 74 valence electrons. The molecule has 1 rings (SSSR count). The molecule has 0 unspecified atom stereocenters. The summed E-state index contributed by atoms with van der Waals surface area (Å²) in [5.74, 6) is 5.36. The summed E-state index contributed by atoms with van der Waals surface area (Å²) in [7, 11) is 0. The van der Waals surface area contributed by atoms with E-state index in [0.717, 1.165) is 0 Å². The Labute approximate surface area is 87.0 Å². The zero-order valence-corrected chi connectivity index (χ0v) is 9.46. The summed E-state index contributed by atoms with van der Waals surface area (Å²) in [6.07, 6.45) is 4.24. The van der Waals surface area contributed by atoms with Crippen LogP contribution in [0.25, 0.3) is 12.2 Å². The summed E-state index contributed by atoms with van der Waals surface area (Å²) in [5.41, 5.74) is 0. The van der Waals surface area contributed by atoms with Gasteiger partial charge in [-0.3, -0.25) is 0 Å². The Kier molecular flexibility index (Phi) is 7.27. The monoisotopic (exact) mass is 186 g/mol. The van der Waals surface area contributed by atoms with E-state index in [2.05, 4.69) is 62.1 Å². The quantitative estimate of drug-likeness (QED) is 0.545. The van der Waals surface area contributed by atoms with E-state index in [4.69, 9.17) is 0 Å². The predicted molar refractivity (Wildman–Crippen MR) is 65.1 cm³/mol. The summed E-state index contributed by atoms with van der Waals surface area (Å²) in [6, 6.07) is 8.36. The van der Waals surface area contributed by atoms with Crippen molar-refractivity contribution in [2.24, 2.45) is 0 Å². The fourth-order valence-electron chi connectivity index (χ4n) is 1.04. The van der Waals surface area contributed by atoms with Crippen LogP contribution in [-0.2, 0) is 0 Å². The third-order valence-corrected chi connectivity index (χ3v) is 1.87.